The first kappa shape index (κ1) is 19.9. The molecule has 0 fully saturated rings. The number of nitrogens with two attached hydrogens (primary N) is 1. The summed E-state index contributed by atoms with van der Waals surface area (Å²) in [5.74, 6) is 1.29. The van der Waals surface area contributed by atoms with E-state index in [4.69, 9.17) is 21.0 Å². The van der Waals surface area contributed by atoms with Crippen molar-refractivity contribution in [3.63, 3.8) is 0 Å². The first-order valence-electron chi connectivity index (χ1n) is 8.20. The van der Waals surface area contributed by atoms with Crippen LogP contribution in [0.4, 0.5) is 5.82 Å². The maximum absolute atomic E-state index is 9.11. The third-order valence-corrected chi connectivity index (χ3v) is 6.89. The number of ether oxygens (including phenoxy) is 1. The number of anilines is 1. The summed E-state index contributed by atoms with van der Waals surface area (Å²) >= 11 is 2.56. The fraction of sp³-hybridized carbons (Fsp3) is 0.100. The third kappa shape index (κ3) is 4.34. The van der Waals surface area contributed by atoms with Crippen LogP contribution >= 0.6 is 15.9 Å². The average Bonchev–Trinajstić information content (AvgIpc) is 2.68. The van der Waals surface area contributed by atoms with Gasteiger partial charge in [0.2, 0.25) is 0 Å². The van der Waals surface area contributed by atoms with E-state index in [-0.39, 0.29) is 0 Å². The summed E-state index contributed by atoms with van der Waals surface area (Å²) < 4.78 is 8.26. The van der Waals surface area contributed by atoms with Crippen molar-refractivity contribution in [2.24, 2.45) is 0 Å². The van der Waals surface area contributed by atoms with Gasteiger partial charge in [-0.1, -0.05) is 0 Å². The van der Waals surface area contributed by atoms with E-state index in [0.29, 0.717) is 37.7 Å². The molecule has 0 aliphatic heterocycles. The van der Waals surface area contributed by atoms with Gasteiger partial charge in [-0.3, -0.25) is 0 Å². The molecular weight excluding hydrogens is 481 g/mol. The zero-order valence-corrected chi connectivity index (χ0v) is 18.8. The molecule has 0 saturated heterocycles. The van der Waals surface area contributed by atoms with Gasteiger partial charge in [-0.05, 0) is 0 Å². The molecule has 3 rings (SSSR count). The van der Waals surface area contributed by atoms with Crippen molar-refractivity contribution in [1.82, 2.24) is 9.97 Å². The number of nitrogen functional groups attached to an aromatic ring is 1. The fourth-order valence-corrected chi connectivity index (χ4v) is 4.80. The molecule has 0 spiro atoms. The van der Waals surface area contributed by atoms with Gasteiger partial charge in [-0.25, -0.2) is 0 Å². The van der Waals surface area contributed by atoms with Crippen LogP contribution in [-0.2, 0) is 0 Å². The molecule has 0 saturated carbocycles. The molecule has 0 aliphatic rings. The predicted octanol–water partition coefficient (Wildman–Crippen LogP) is 2.36. The molecule has 0 radical (unpaired) electrons. The summed E-state index contributed by atoms with van der Waals surface area (Å²) in [6.07, 6.45) is 0. The minimum atomic E-state index is -0.847. The number of rotatable bonds is 4. The van der Waals surface area contributed by atoms with Gasteiger partial charge in [0.25, 0.3) is 0 Å². The molecular formula is C20H15AsBrN5O. The van der Waals surface area contributed by atoms with E-state index in [1.165, 1.54) is 0 Å². The van der Waals surface area contributed by atoms with Crippen LogP contribution < -0.4 is 19.4 Å². The van der Waals surface area contributed by atoms with Crippen molar-refractivity contribution in [3.05, 3.63) is 63.1 Å². The zero-order valence-electron chi connectivity index (χ0n) is 15.1. The standard InChI is InChI=1S/C20H15AsBrN5O/c1-11-7-14(10-24)8-12(2)17(11)28-19-16(22)18(25)26-20(27-19)21-15-5-3-13(9-23)4-6-15/h3-8,21H,1-2H3,(H2,25,26,27). The van der Waals surface area contributed by atoms with Crippen LogP contribution in [-0.4, -0.2) is 25.7 Å². The second-order valence-electron chi connectivity index (χ2n) is 6.02. The molecule has 3 aromatic rings. The number of halogens is 1. The minimum absolute atomic E-state index is 0.307. The Morgan fingerprint density at radius 3 is 2.18 bits per heavy atom. The summed E-state index contributed by atoms with van der Waals surface area (Å²) in [6.45, 7) is 3.76. The summed E-state index contributed by atoms with van der Waals surface area (Å²) in [6, 6.07) is 15.2. The van der Waals surface area contributed by atoms with Crippen LogP contribution in [0.5, 0.6) is 11.6 Å². The molecule has 138 valence electrons. The molecule has 1 unspecified atom stereocenters. The Morgan fingerprint density at radius 2 is 1.61 bits per heavy atom. The van der Waals surface area contributed by atoms with E-state index in [2.05, 4.69) is 38.0 Å². The van der Waals surface area contributed by atoms with E-state index in [1.54, 1.807) is 24.3 Å². The van der Waals surface area contributed by atoms with E-state index < -0.39 is 15.8 Å². The summed E-state index contributed by atoms with van der Waals surface area (Å²) in [5.41, 5.74) is 8.92. The Hall–Kier alpha value is -2.86. The number of aryl methyl sites for hydroxylation is 2. The quantitative estimate of drug-likeness (QED) is 0.556. The van der Waals surface area contributed by atoms with E-state index in [9.17, 15) is 0 Å². The molecule has 8 heteroatoms. The molecule has 1 heterocycles. The Kier molecular flexibility index (Phi) is 5.99. The van der Waals surface area contributed by atoms with E-state index in [0.717, 1.165) is 15.5 Å². The van der Waals surface area contributed by atoms with Crippen molar-refractivity contribution in [1.29, 1.82) is 10.5 Å². The number of benzene rings is 2. The number of aromatic nitrogens is 2. The number of hydrogen-bond donors (Lipinski definition) is 1. The monoisotopic (exact) mass is 495 g/mol. The van der Waals surface area contributed by atoms with Crippen LogP contribution in [0.2, 0.25) is 0 Å². The van der Waals surface area contributed by atoms with Crippen molar-refractivity contribution in [2.75, 3.05) is 5.73 Å². The first-order chi connectivity index (χ1) is 13.4. The molecule has 2 N–H and O–H groups in total. The number of hydrogen-bond acceptors (Lipinski definition) is 6. The van der Waals surface area contributed by atoms with Crippen LogP contribution in [0.1, 0.15) is 22.3 Å². The zero-order chi connectivity index (χ0) is 20.3. The molecule has 6 nitrogen and oxygen atoms in total. The van der Waals surface area contributed by atoms with Gasteiger partial charge >= 0.3 is 178 Å². The van der Waals surface area contributed by atoms with E-state index >= 15 is 0 Å². The van der Waals surface area contributed by atoms with Crippen molar-refractivity contribution in [3.8, 4) is 23.8 Å². The van der Waals surface area contributed by atoms with Crippen LogP contribution in [0.15, 0.2) is 40.9 Å². The van der Waals surface area contributed by atoms with Gasteiger partial charge in [-0.2, -0.15) is 0 Å². The summed E-state index contributed by atoms with van der Waals surface area (Å²) in [5, 5.41) is 18.0. The van der Waals surface area contributed by atoms with Crippen molar-refractivity contribution >= 4 is 46.5 Å². The second kappa shape index (κ2) is 8.44. The number of nitrogens with zero attached hydrogens (tertiary/aromatic N) is 4. The van der Waals surface area contributed by atoms with Gasteiger partial charge in [0.15, 0.2) is 0 Å². The Labute approximate surface area is 177 Å². The SMILES string of the molecule is Cc1cc(C#N)cc(C)c1Oc1nc([AsH]c2ccc(C#N)cc2)nc(N)c1Br. The normalized spacial score (nSPS) is 10.6. The number of nitriles is 2. The van der Waals surface area contributed by atoms with Crippen LogP contribution in [0.3, 0.4) is 0 Å². The molecule has 0 bridgehead atoms. The molecule has 1 atom stereocenters. The molecule has 28 heavy (non-hydrogen) atoms. The third-order valence-electron chi connectivity index (χ3n) is 3.90. The van der Waals surface area contributed by atoms with Gasteiger partial charge < -0.3 is 0 Å². The van der Waals surface area contributed by atoms with Gasteiger partial charge in [0.1, 0.15) is 0 Å². The molecule has 2 aromatic carbocycles. The summed E-state index contributed by atoms with van der Waals surface area (Å²) in [4.78, 5) is 8.93. The first-order valence-corrected chi connectivity index (χ1v) is 11.1. The maximum atomic E-state index is 9.11. The second-order valence-corrected chi connectivity index (χ2v) is 9.49. The van der Waals surface area contributed by atoms with Gasteiger partial charge in [-0.15, -0.1) is 0 Å². The van der Waals surface area contributed by atoms with Crippen LogP contribution in [0, 0.1) is 36.5 Å². The Bertz CT molecular complexity index is 1110. The topological polar surface area (TPSA) is 109 Å². The Balaban J connectivity index is 1.94. The molecule has 0 aliphatic carbocycles. The summed E-state index contributed by atoms with van der Waals surface area (Å²) in [7, 11) is 0. The van der Waals surface area contributed by atoms with Crippen molar-refractivity contribution in [2.45, 2.75) is 13.8 Å². The van der Waals surface area contributed by atoms with Gasteiger partial charge in [0, 0.05) is 0 Å². The fourth-order valence-electron chi connectivity index (χ4n) is 2.60. The Morgan fingerprint density at radius 1 is 1.00 bits per heavy atom. The van der Waals surface area contributed by atoms with E-state index in [1.807, 2.05) is 26.0 Å². The van der Waals surface area contributed by atoms with Crippen LogP contribution in [0.25, 0.3) is 0 Å². The van der Waals surface area contributed by atoms with Gasteiger partial charge in [0.05, 0.1) is 0 Å². The molecule has 0 amide bonds. The van der Waals surface area contributed by atoms with Crippen molar-refractivity contribution < 1.29 is 4.74 Å². The predicted molar refractivity (Wildman–Crippen MR) is 112 cm³/mol. The molecule has 1 aromatic heterocycles. The average molecular weight is 496 g/mol.